The maximum atomic E-state index is 11.8. The number of aromatic nitrogens is 2. The van der Waals surface area contributed by atoms with Crippen molar-refractivity contribution in [2.75, 3.05) is 12.3 Å². The molecule has 2 rings (SSSR count). The highest BCUT2D eigenvalue weighted by Gasteiger charge is 2.16. The van der Waals surface area contributed by atoms with Gasteiger partial charge < -0.3 is 11.1 Å². The highest BCUT2D eigenvalue weighted by molar-refractivity contribution is 7.21. The first-order valence-corrected chi connectivity index (χ1v) is 5.73. The first kappa shape index (κ1) is 11.4. The molecule has 0 spiro atoms. The van der Waals surface area contributed by atoms with Crippen LogP contribution in [0.1, 0.15) is 16.6 Å². The predicted molar refractivity (Wildman–Crippen MR) is 67.6 cm³/mol. The van der Waals surface area contributed by atoms with E-state index >= 15 is 0 Å². The molecule has 3 N–H and O–H groups in total. The minimum Gasteiger partial charge on any atom is -0.397 e. The van der Waals surface area contributed by atoms with Crippen molar-refractivity contribution in [2.24, 2.45) is 0 Å². The van der Waals surface area contributed by atoms with E-state index in [9.17, 15) is 4.79 Å². The maximum absolute atomic E-state index is 11.8. The molecule has 0 atom stereocenters. The molecule has 0 unspecified atom stereocenters. The number of rotatable bonds is 2. The van der Waals surface area contributed by atoms with E-state index in [1.807, 2.05) is 0 Å². The quantitative estimate of drug-likeness (QED) is 0.775. The number of nitrogens with two attached hydrogens (primary N) is 1. The Morgan fingerprint density at radius 3 is 3.18 bits per heavy atom. The lowest BCUT2D eigenvalue weighted by Crippen LogP contribution is -2.23. The van der Waals surface area contributed by atoms with Gasteiger partial charge in [0.1, 0.15) is 9.71 Å². The first-order valence-electron chi connectivity index (χ1n) is 4.91. The molecule has 0 bridgehead atoms. The van der Waals surface area contributed by atoms with E-state index < -0.39 is 0 Å². The van der Waals surface area contributed by atoms with Crippen LogP contribution >= 0.6 is 11.3 Å². The van der Waals surface area contributed by atoms with Gasteiger partial charge in [0.2, 0.25) is 0 Å². The molecular formula is C11H10N4OS. The predicted octanol–water partition coefficient (Wildman–Crippen LogP) is 1.03. The lowest BCUT2D eigenvalue weighted by molar-refractivity contribution is 0.0963. The fourth-order valence-corrected chi connectivity index (χ4v) is 2.29. The molecule has 0 aliphatic heterocycles. The summed E-state index contributed by atoms with van der Waals surface area (Å²) in [5, 5.41) is 11.1. The van der Waals surface area contributed by atoms with Gasteiger partial charge in [-0.15, -0.1) is 22.4 Å². The third-order valence-corrected chi connectivity index (χ3v) is 3.25. The zero-order chi connectivity index (χ0) is 12.3. The first-order chi connectivity index (χ1) is 8.24. The zero-order valence-electron chi connectivity index (χ0n) is 9.15. The fourth-order valence-electron chi connectivity index (χ4n) is 1.33. The molecule has 5 nitrogen and oxygen atoms in total. The van der Waals surface area contributed by atoms with Crippen LogP contribution in [0.15, 0.2) is 12.3 Å². The Kier molecular flexibility index (Phi) is 3.21. The molecule has 0 saturated carbocycles. The van der Waals surface area contributed by atoms with Crippen LogP contribution in [-0.2, 0) is 0 Å². The molecule has 2 aromatic heterocycles. The van der Waals surface area contributed by atoms with Crippen molar-refractivity contribution in [1.82, 2.24) is 15.5 Å². The molecule has 2 heterocycles. The average molecular weight is 246 g/mol. The van der Waals surface area contributed by atoms with Crippen molar-refractivity contribution >= 4 is 33.1 Å². The summed E-state index contributed by atoms with van der Waals surface area (Å²) in [6.45, 7) is 2.03. The topological polar surface area (TPSA) is 80.9 Å². The molecule has 0 aromatic carbocycles. The second-order valence-electron chi connectivity index (χ2n) is 3.20. The zero-order valence-corrected chi connectivity index (χ0v) is 9.97. The summed E-state index contributed by atoms with van der Waals surface area (Å²) in [5.41, 5.74) is 6.34. The van der Waals surface area contributed by atoms with Crippen LogP contribution < -0.4 is 11.1 Å². The Balaban J connectivity index is 2.31. The Hall–Kier alpha value is -2.13. The third kappa shape index (κ3) is 2.19. The van der Waals surface area contributed by atoms with Gasteiger partial charge in [0.05, 0.1) is 18.4 Å². The summed E-state index contributed by atoms with van der Waals surface area (Å²) >= 11 is 1.23. The number of hydrogen-bond acceptors (Lipinski definition) is 5. The minimum absolute atomic E-state index is 0.228. The average Bonchev–Trinajstić information content (AvgIpc) is 2.68. The van der Waals surface area contributed by atoms with E-state index in [2.05, 4.69) is 27.4 Å². The lowest BCUT2D eigenvalue weighted by atomic mass is 10.3. The van der Waals surface area contributed by atoms with Crippen LogP contribution in [0.2, 0.25) is 0 Å². The smallest absolute Gasteiger partial charge is 0.264 e. The molecule has 0 fully saturated rings. The van der Waals surface area contributed by atoms with Gasteiger partial charge in [-0.1, -0.05) is 5.92 Å². The highest BCUT2D eigenvalue weighted by Crippen LogP contribution is 2.31. The van der Waals surface area contributed by atoms with Crippen LogP contribution in [0.3, 0.4) is 0 Å². The number of anilines is 1. The number of nitrogens with one attached hydrogen (secondary N) is 1. The van der Waals surface area contributed by atoms with Crippen molar-refractivity contribution < 1.29 is 4.79 Å². The molecule has 0 aliphatic rings. The summed E-state index contributed by atoms with van der Waals surface area (Å²) in [6, 6.07) is 1.75. The number of carbonyl (C=O) groups is 1. The van der Waals surface area contributed by atoms with Gasteiger partial charge in [-0.25, -0.2) is 0 Å². The van der Waals surface area contributed by atoms with Crippen molar-refractivity contribution in [2.45, 2.75) is 6.92 Å². The number of carbonyl (C=O) groups excluding carboxylic acids is 1. The van der Waals surface area contributed by atoms with Crippen LogP contribution in [0, 0.1) is 11.8 Å². The van der Waals surface area contributed by atoms with Crippen molar-refractivity contribution in [3.8, 4) is 11.8 Å². The summed E-state index contributed by atoms with van der Waals surface area (Å²) in [5.74, 6) is 5.23. The molecule has 2 aromatic rings. The van der Waals surface area contributed by atoms with E-state index in [0.717, 1.165) is 5.39 Å². The van der Waals surface area contributed by atoms with Crippen LogP contribution in [0.25, 0.3) is 10.2 Å². The van der Waals surface area contributed by atoms with Gasteiger partial charge in [-0.3, -0.25) is 4.79 Å². The monoisotopic (exact) mass is 246 g/mol. The fraction of sp³-hybridized carbons (Fsp3) is 0.182. The van der Waals surface area contributed by atoms with E-state index in [1.54, 1.807) is 19.2 Å². The van der Waals surface area contributed by atoms with Gasteiger partial charge in [0.15, 0.2) is 0 Å². The minimum atomic E-state index is -0.228. The summed E-state index contributed by atoms with van der Waals surface area (Å²) in [4.78, 5) is 12.9. The third-order valence-electron chi connectivity index (χ3n) is 2.14. The van der Waals surface area contributed by atoms with Gasteiger partial charge in [0.25, 0.3) is 5.91 Å². The molecule has 86 valence electrons. The van der Waals surface area contributed by atoms with Gasteiger partial charge >= 0.3 is 0 Å². The van der Waals surface area contributed by atoms with E-state index in [-0.39, 0.29) is 5.91 Å². The second kappa shape index (κ2) is 4.80. The van der Waals surface area contributed by atoms with E-state index in [4.69, 9.17) is 5.73 Å². The highest BCUT2D eigenvalue weighted by atomic mass is 32.1. The van der Waals surface area contributed by atoms with Crippen LogP contribution in [0.5, 0.6) is 0 Å². The number of nitrogens with zero attached hydrogens (tertiary/aromatic N) is 2. The summed E-state index contributed by atoms with van der Waals surface area (Å²) < 4.78 is 0. The number of fused-ring (bicyclic) bond motifs is 1. The van der Waals surface area contributed by atoms with Crippen LogP contribution in [0.4, 0.5) is 5.69 Å². The van der Waals surface area contributed by atoms with Crippen molar-refractivity contribution in [3.63, 3.8) is 0 Å². The van der Waals surface area contributed by atoms with Crippen molar-refractivity contribution in [1.29, 1.82) is 0 Å². The van der Waals surface area contributed by atoms with Crippen molar-refractivity contribution in [3.05, 3.63) is 17.1 Å². The van der Waals surface area contributed by atoms with Crippen LogP contribution in [-0.4, -0.2) is 22.6 Å². The Morgan fingerprint density at radius 2 is 2.47 bits per heavy atom. The van der Waals surface area contributed by atoms with Gasteiger partial charge in [-0.2, -0.15) is 5.10 Å². The molecule has 17 heavy (non-hydrogen) atoms. The van der Waals surface area contributed by atoms with E-state index in [1.165, 1.54) is 11.3 Å². The number of hydrogen-bond donors (Lipinski definition) is 2. The Labute approximate surface area is 102 Å². The molecule has 6 heteroatoms. The number of nitrogen functional groups attached to an aromatic ring is 1. The number of amides is 1. The number of thiophene rings is 1. The Bertz CT molecular complexity index is 623. The molecule has 1 amide bonds. The normalized spacial score (nSPS) is 9.71. The largest absolute Gasteiger partial charge is 0.397 e. The van der Waals surface area contributed by atoms with Gasteiger partial charge in [0, 0.05) is 5.39 Å². The molecule has 0 saturated heterocycles. The summed E-state index contributed by atoms with van der Waals surface area (Å²) in [7, 11) is 0. The standard InChI is InChI=1S/C11H10N4OS/c1-2-3-5-13-10(16)9-8(12)7-4-6-14-15-11(7)17-9/h4,6H,5,12H2,1H3,(H,13,16). The summed E-state index contributed by atoms with van der Waals surface area (Å²) in [6.07, 6.45) is 1.55. The second-order valence-corrected chi connectivity index (χ2v) is 4.20. The van der Waals surface area contributed by atoms with Gasteiger partial charge in [-0.05, 0) is 13.0 Å². The maximum Gasteiger partial charge on any atom is 0.264 e. The molecule has 0 aliphatic carbocycles. The molecule has 0 radical (unpaired) electrons. The SMILES string of the molecule is CC#CCNC(=O)c1sc2nnccc2c1N. The van der Waals surface area contributed by atoms with E-state index in [0.29, 0.717) is 21.9 Å². The lowest BCUT2D eigenvalue weighted by Gasteiger charge is -1.99. The molecular weight excluding hydrogens is 236 g/mol. The Morgan fingerprint density at radius 1 is 1.65 bits per heavy atom.